The summed E-state index contributed by atoms with van der Waals surface area (Å²) in [4.78, 5) is 17.1. The van der Waals surface area contributed by atoms with Crippen LogP contribution in [0.5, 0.6) is 5.75 Å². The number of carbonyl (C=O) groups excluding carboxylic acids is 1. The molecule has 1 amide bonds. The summed E-state index contributed by atoms with van der Waals surface area (Å²) < 4.78 is 8.08. The number of nitrogens with two attached hydrogens (primary N) is 1. The number of aromatic nitrogens is 1. The lowest BCUT2D eigenvalue weighted by molar-refractivity contribution is -0.717. The Hall–Kier alpha value is -4.17. The van der Waals surface area contributed by atoms with Crippen LogP contribution in [0.25, 0.3) is 21.8 Å². The number of fused-ring (bicyclic) bond motifs is 3. The third kappa shape index (κ3) is 4.55. The minimum Gasteiger partial charge on any atom is -0.487 e. The third-order valence-corrected chi connectivity index (χ3v) is 6.40. The highest BCUT2D eigenvalue weighted by atomic mass is 16.7. The summed E-state index contributed by atoms with van der Waals surface area (Å²) in [5, 5.41) is 11.3. The third-order valence-electron chi connectivity index (χ3n) is 6.40. The van der Waals surface area contributed by atoms with Gasteiger partial charge in [0.1, 0.15) is 12.4 Å². The van der Waals surface area contributed by atoms with Gasteiger partial charge in [0.25, 0.3) is 0 Å². The van der Waals surface area contributed by atoms with E-state index in [-0.39, 0.29) is 6.61 Å². The zero-order valence-corrected chi connectivity index (χ0v) is 19.8. The molecule has 5 aromatic rings. The van der Waals surface area contributed by atoms with Crippen LogP contribution in [0.2, 0.25) is 0 Å². The lowest BCUT2D eigenvalue weighted by Gasteiger charge is -2.13. The Morgan fingerprint density at radius 1 is 0.861 bits per heavy atom. The van der Waals surface area contributed by atoms with Crippen LogP contribution in [0.3, 0.4) is 0 Å². The summed E-state index contributed by atoms with van der Waals surface area (Å²) in [6.45, 7) is 0.493. The van der Waals surface area contributed by atoms with Gasteiger partial charge in [-0.2, -0.15) is 4.84 Å². The lowest BCUT2D eigenvalue weighted by Crippen LogP contribution is -2.54. The summed E-state index contributed by atoms with van der Waals surface area (Å²) in [6.07, 6.45) is -0.355. The topological polar surface area (TPSA) is 114 Å². The largest absolute Gasteiger partial charge is 0.487 e. The molecule has 7 nitrogen and oxygen atoms in total. The molecule has 0 saturated heterocycles. The maximum absolute atomic E-state index is 12.4. The van der Waals surface area contributed by atoms with Crippen LogP contribution >= 0.6 is 0 Å². The Morgan fingerprint density at radius 3 is 2.25 bits per heavy atom. The number of aliphatic hydroxyl groups is 1. The van der Waals surface area contributed by atoms with Crippen LogP contribution in [-0.2, 0) is 17.8 Å². The minimum absolute atomic E-state index is 0.103. The van der Waals surface area contributed by atoms with E-state index in [0.717, 1.165) is 28.2 Å². The van der Waals surface area contributed by atoms with Gasteiger partial charge >= 0.3 is 0 Å². The highest BCUT2D eigenvalue weighted by Crippen LogP contribution is 2.38. The predicted molar refractivity (Wildman–Crippen MR) is 138 cm³/mol. The van der Waals surface area contributed by atoms with Gasteiger partial charge in [-0.15, -0.1) is 0 Å². The lowest BCUT2D eigenvalue weighted by atomic mass is 9.99. The first-order valence-corrected chi connectivity index (χ1v) is 11.7. The van der Waals surface area contributed by atoms with Crippen LogP contribution in [0.1, 0.15) is 27.0 Å². The Bertz CT molecular complexity index is 1530. The molecule has 182 valence electrons. The number of amides is 1. The molecule has 0 aliphatic heterocycles. The molecular formula is C29H28N3O4+. The maximum atomic E-state index is 12.4. The summed E-state index contributed by atoms with van der Waals surface area (Å²) in [6, 6.07) is 30.0. The minimum atomic E-state index is -1.17. The van der Waals surface area contributed by atoms with Gasteiger partial charge < -0.3 is 20.1 Å². The number of aliphatic hydroxyl groups excluding tert-OH is 1. The maximum Gasteiger partial charge on any atom is 0.249 e. The standard InChI is InChI=1S/C29H27N3O4/c30-29(34)22-12-6-13-23-27(22)28-24(14-7-15-25(28)35-18-26(33)36-31)32(23)17-21-11-5-4-10-20(21)16-19-8-2-1-3-9-19/h1-15,26,33H,16-18H2,31H3,(H-,30,34)/p+1. The van der Waals surface area contributed by atoms with E-state index < -0.39 is 12.2 Å². The summed E-state index contributed by atoms with van der Waals surface area (Å²) in [5.74, 6) is 3.25. The average molecular weight is 483 g/mol. The van der Waals surface area contributed by atoms with Crippen molar-refractivity contribution in [3.63, 3.8) is 0 Å². The van der Waals surface area contributed by atoms with E-state index >= 15 is 0 Å². The van der Waals surface area contributed by atoms with Crippen molar-refractivity contribution in [2.75, 3.05) is 6.61 Å². The Morgan fingerprint density at radius 2 is 1.53 bits per heavy atom. The second kappa shape index (κ2) is 10.2. The monoisotopic (exact) mass is 482 g/mol. The van der Waals surface area contributed by atoms with Crippen LogP contribution in [0.4, 0.5) is 0 Å². The molecule has 0 aliphatic rings. The van der Waals surface area contributed by atoms with Crippen molar-refractivity contribution < 1.29 is 25.4 Å². The number of nitrogens with zero attached hydrogens (tertiary/aromatic N) is 1. The van der Waals surface area contributed by atoms with E-state index in [2.05, 4.69) is 45.6 Å². The molecule has 0 fully saturated rings. The zero-order valence-electron chi connectivity index (χ0n) is 19.8. The number of primary amides is 1. The first kappa shape index (κ1) is 23.6. The molecule has 6 N–H and O–H groups in total. The molecule has 1 heterocycles. The van der Waals surface area contributed by atoms with Gasteiger partial charge in [-0.1, -0.05) is 66.7 Å². The number of quaternary nitrogens is 1. The van der Waals surface area contributed by atoms with Crippen molar-refractivity contribution in [3.05, 3.63) is 113 Å². The molecule has 4 aromatic carbocycles. The summed E-state index contributed by atoms with van der Waals surface area (Å²) >= 11 is 0. The van der Waals surface area contributed by atoms with E-state index in [4.69, 9.17) is 10.5 Å². The second-order valence-corrected chi connectivity index (χ2v) is 8.66. The van der Waals surface area contributed by atoms with Crippen molar-refractivity contribution in [2.24, 2.45) is 5.73 Å². The smallest absolute Gasteiger partial charge is 0.249 e. The van der Waals surface area contributed by atoms with Crippen molar-refractivity contribution in [1.29, 1.82) is 0 Å². The van der Waals surface area contributed by atoms with Crippen LogP contribution in [-0.4, -0.2) is 28.5 Å². The number of hydrogen-bond donors (Lipinski definition) is 3. The molecular weight excluding hydrogens is 454 g/mol. The number of hydrogen-bond acceptors (Lipinski definition) is 4. The van der Waals surface area contributed by atoms with E-state index in [1.165, 1.54) is 16.7 Å². The van der Waals surface area contributed by atoms with E-state index in [1.807, 2.05) is 54.6 Å². The van der Waals surface area contributed by atoms with Crippen molar-refractivity contribution in [2.45, 2.75) is 19.3 Å². The van der Waals surface area contributed by atoms with Gasteiger partial charge in [-0.25, -0.2) is 5.90 Å². The fourth-order valence-electron chi connectivity index (χ4n) is 4.73. The normalized spacial score (nSPS) is 12.2. The Balaban J connectivity index is 1.67. The van der Waals surface area contributed by atoms with Gasteiger partial charge in [0.05, 0.1) is 16.4 Å². The Labute approximate surface area is 208 Å². The highest BCUT2D eigenvalue weighted by Gasteiger charge is 2.21. The fraction of sp³-hybridized carbons (Fsp3) is 0.138. The molecule has 0 saturated carbocycles. The molecule has 1 aromatic heterocycles. The number of rotatable bonds is 9. The van der Waals surface area contributed by atoms with E-state index in [0.29, 0.717) is 17.9 Å². The van der Waals surface area contributed by atoms with Gasteiger partial charge in [-0.05, 0) is 47.4 Å². The number of benzene rings is 4. The molecule has 1 unspecified atom stereocenters. The van der Waals surface area contributed by atoms with Gasteiger partial charge in [-0.3, -0.25) is 4.79 Å². The highest BCUT2D eigenvalue weighted by molar-refractivity contribution is 6.19. The SMILES string of the molecule is NC(=O)c1cccc2c1c1c(OCC(O)O[NH3+])cccc1n2Cc1ccccc1Cc1ccccc1. The fourth-order valence-corrected chi connectivity index (χ4v) is 4.73. The average Bonchev–Trinajstić information content (AvgIpc) is 3.23. The molecule has 5 rings (SSSR count). The summed E-state index contributed by atoms with van der Waals surface area (Å²) in [7, 11) is 0. The molecule has 0 bridgehead atoms. The van der Waals surface area contributed by atoms with Crippen molar-refractivity contribution in [3.8, 4) is 5.75 Å². The molecule has 0 aliphatic carbocycles. The Kier molecular flexibility index (Phi) is 6.69. The molecule has 36 heavy (non-hydrogen) atoms. The molecule has 0 spiro atoms. The van der Waals surface area contributed by atoms with Crippen LogP contribution in [0, 0.1) is 0 Å². The quantitative estimate of drug-likeness (QED) is 0.221. The predicted octanol–water partition coefficient (Wildman–Crippen LogP) is 3.40. The van der Waals surface area contributed by atoms with Gasteiger partial charge in [0.15, 0.2) is 0 Å². The van der Waals surface area contributed by atoms with Crippen molar-refractivity contribution in [1.82, 2.24) is 4.57 Å². The van der Waals surface area contributed by atoms with Crippen molar-refractivity contribution >= 4 is 27.7 Å². The number of ether oxygens (including phenoxy) is 1. The second-order valence-electron chi connectivity index (χ2n) is 8.66. The molecule has 7 heteroatoms. The van der Waals surface area contributed by atoms with Gasteiger partial charge in [0, 0.05) is 17.5 Å². The van der Waals surface area contributed by atoms with E-state index in [1.54, 1.807) is 6.07 Å². The molecule has 0 radical (unpaired) electrons. The van der Waals surface area contributed by atoms with Crippen LogP contribution < -0.4 is 16.4 Å². The first-order valence-electron chi connectivity index (χ1n) is 11.7. The summed E-state index contributed by atoms with van der Waals surface area (Å²) in [5.41, 5.74) is 11.6. The van der Waals surface area contributed by atoms with E-state index in [9.17, 15) is 9.90 Å². The number of carbonyl (C=O) groups is 1. The first-order chi connectivity index (χ1) is 17.6. The van der Waals surface area contributed by atoms with Gasteiger partial charge in [0.2, 0.25) is 12.2 Å². The molecule has 1 atom stereocenters. The van der Waals surface area contributed by atoms with Crippen LogP contribution in [0.15, 0.2) is 91.0 Å². The zero-order chi connectivity index (χ0) is 25.1.